The van der Waals surface area contributed by atoms with Gasteiger partial charge in [0.25, 0.3) is 0 Å². The normalized spacial score (nSPS) is 42.2. The zero-order valence-corrected chi connectivity index (χ0v) is 26.0. The molecule has 234 valence electrons. The summed E-state index contributed by atoms with van der Waals surface area (Å²) in [6.45, 7) is 8.96. The minimum absolute atomic E-state index is 0.131. The first-order chi connectivity index (χ1) is 21.0. The lowest BCUT2D eigenvalue weighted by Crippen LogP contribution is -2.70. The Morgan fingerprint density at radius 3 is 2.59 bits per heavy atom. The van der Waals surface area contributed by atoms with Crippen molar-refractivity contribution >= 4 is 18.0 Å². The van der Waals surface area contributed by atoms with Gasteiger partial charge >= 0.3 is 11.9 Å². The van der Waals surface area contributed by atoms with Crippen LogP contribution < -0.4 is 0 Å². The number of methoxy groups -OCH3 is 1. The highest BCUT2D eigenvalue weighted by Crippen LogP contribution is 2.73. The predicted molar refractivity (Wildman–Crippen MR) is 161 cm³/mol. The monoisotopic (exact) mass is 602 g/mol. The Hall–Kier alpha value is -3.20. The van der Waals surface area contributed by atoms with Crippen LogP contribution in [-0.2, 0) is 28.5 Å². The molecule has 3 aliphatic carbocycles. The maximum Gasteiger partial charge on any atom is 0.331 e. The van der Waals surface area contributed by atoms with Crippen molar-refractivity contribution in [3.8, 4) is 0 Å². The summed E-state index contributed by atoms with van der Waals surface area (Å²) in [5.74, 6) is -1.17. The van der Waals surface area contributed by atoms with Gasteiger partial charge in [0.1, 0.15) is 6.10 Å². The number of allylic oxidation sites excluding steroid dienone is 1. The first-order valence-electron chi connectivity index (χ1n) is 15.7. The third-order valence-corrected chi connectivity index (χ3v) is 12.2. The van der Waals surface area contributed by atoms with Gasteiger partial charge < -0.3 is 28.5 Å². The van der Waals surface area contributed by atoms with Crippen molar-refractivity contribution in [2.75, 3.05) is 13.7 Å². The van der Waals surface area contributed by atoms with Crippen molar-refractivity contribution in [2.24, 2.45) is 28.1 Å². The van der Waals surface area contributed by atoms with Crippen LogP contribution in [-0.4, -0.2) is 61.3 Å². The van der Waals surface area contributed by atoms with Crippen LogP contribution >= 0.6 is 0 Å². The minimum atomic E-state index is -0.753. The Labute approximate surface area is 258 Å². The summed E-state index contributed by atoms with van der Waals surface area (Å²) >= 11 is 0. The number of rotatable bonds is 6. The summed E-state index contributed by atoms with van der Waals surface area (Å²) in [5.41, 5.74) is 2.51. The molecule has 0 amide bonds. The van der Waals surface area contributed by atoms with E-state index in [0.717, 1.165) is 17.5 Å². The molecule has 0 spiro atoms. The van der Waals surface area contributed by atoms with E-state index in [1.165, 1.54) is 24.3 Å². The van der Waals surface area contributed by atoms with Gasteiger partial charge in [-0.1, -0.05) is 56.7 Å². The van der Waals surface area contributed by atoms with Crippen LogP contribution in [0.4, 0.5) is 0 Å². The second-order valence-electron chi connectivity index (χ2n) is 14.1. The first-order valence-corrected chi connectivity index (χ1v) is 15.7. The number of ether oxygens (including phenoxy) is 4. The number of aliphatic hydroxyl groups is 1. The molecule has 0 radical (unpaired) electrons. The molecule has 7 rings (SSSR count). The van der Waals surface area contributed by atoms with Gasteiger partial charge in [0.2, 0.25) is 0 Å². The molecule has 8 heteroatoms. The Kier molecular flexibility index (Phi) is 6.99. The quantitative estimate of drug-likeness (QED) is 0.264. The number of esters is 2. The lowest BCUT2D eigenvalue weighted by Gasteiger charge is -2.65. The van der Waals surface area contributed by atoms with Crippen molar-refractivity contribution in [1.82, 2.24) is 0 Å². The van der Waals surface area contributed by atoms with E-state index in [-0.39, 0.29) is 54.9 Å². The van der Waals surface area contributed by atoms with Crippen molar-refractivity contribution in [3.63, 3.8) is 0 Å². The second-order valence-corrected chi connectivity index (χ2v) is 14.1. The fourth-order valence-electron chi connectivity index (χ4n) is 10.2. The van der Waals surface area contributed by atoms with Gasteiger partial charge in [0.15, 0.2) is 0 Å². The number of aliphatic hydroxyl groups excluding tert-OH is 1. The SMILES string of the molecule is COC(=O)CC1[C@]2(C)C3=C(C)C(c4ccoc4)CC3OC2C2OC[C@]3(C)C(O)CC(OC(=O)C=Cc4ccccc4)[C@@]1(C)C23. The van der Waals surface area contributed by atoms with Gasteiger partial charge in [-0.05, 0) is 48.1 Å². The number of carbonyl (C=O) groups excluding carboxylic acids is 2. The summed E-state index contributed by atoms with van der Waals surface area (Å²) in [6.07, 6.45) is 5.64. The highest BCUT2D eigenvalue weighted by atomic mass is 16.6. The van der Waals surface area contributed by atoms with Crippen molar-refractivity contribution in [2.45, 2.75) is 83.4 Å². The van der Waals surface area contributed by atoms with E-state index in [2.05, 4.69) is 27.7 Å². The topological polar surface area (TPSA) is 104 Å². The molecule has 1 aromatic heterocycles. The van der Waals surface area contributed by atoms with Crippen molar-refractivity contribution in [1.29, 1.82) is 0 Å². The van der Waals surface area contributed by atoms with Gasteiger partial charge in [-0.2, -0.15) is 0 Å². The fraction of sp³-hybridized carbons (Fsp3) is 0.556. The van der Waals surface area contributed by atoms with E-state index >= 15 is 0 Å². The molecule has 3 heterocycles. The Balaban J connectivity index is 1.34. The van der Waals surface area contributed by atoms with Gasteiger partial charge in [-0.3, -0.25) is 4.79 Å². The molecule has 2 saturated heterocycles. The molecule has 2 saturated carbocycles. The van der Waals surface area contributed by atoms with Crippen LogP contribution in [0.15, 0.2) is 70.6 Å². The third kappa shape index (κ3) is 4.06. The Bertz CT molecular complexity index is 1500. The number of benzene rings is 1. The van der Waals surface area contributed by atoms with E-state index in [4.69, 9.17) is 23.4 Å². The zero-order chi connectivity index (χ0) is 31.0. The van der Waals surface area contributed by atoms with E-state index in [1.54, 1.807) is 18.6 Å². The number of fused-ring (bicyclic) bond motifs is 4. The molecule has 0 bridgehead atoms. The maximum atomic E-state index is 13.4. The Morgan fingerprint density at radius 1 is 1.11 bits per heavy atom. The summed E-state index contributed by atoms with van der Waals surface area (Å²) in [4.78, 5) is 26.7. The lowest BCUT2D eigenvalue weighted by atomic mass is 9.40. The molecule has 5 aliphatic rings. The van der Waals surface area contributed by atoms with E-state index < -0.39 is 34.4 Å². The van der Waals surface area contributed by atoms with Crippen LogP contribution in [0.25, 0.3) is 6.08 Å². The van der Waals surface area contributed by atoms with Gasteiger partial charge in [0.05, 0.1) is 50.7 Å². The molecule has 4 fully saturated rings. The smallest absolute Gasteiger partial charge is 0.331 e. The average Bonchev–Trinajstić information content (AvgIpc) is 3.79. The van der Waals surface area contributed by atoms with Crippen LogP contribution in [0.5, 0.6) is 0 Å². The van der Waals surface area contributed by atoms with Gasteiger partial charge in [-0.25, -0.2) is 4.79 Å². The van der Waals surface area contributed by atoms with Crippen LogP contribution in [0, 0.1) is 28.1 Å². The third-order valence-electron chi connectivity index (χ3n) is 12.2. The van der Waals surface area contributed by atoms with Crippen LogP contribution in [0.1, 0.15) is 64.0 Å². The molecule has 8 unspecified atom stereocenters. The molecule has 8 nitrogen and oxygen atoms in total. The zero-order valence-electron chi connectivity index (χ0n) is 26.0. The molecular weight excluding hydrogens is 560 g/mol. The van der Waals surface area contributed by atoms with E-state index in [0.29, 0.717) is 6.61 Å². The molecule has 2 aliphatic heterocycles. The van der Waals surface area contributed by atoms with Crippen molar-refractivity contribution < 1.29 is 38.1 Å². The first kappa shape index (κ1) is 29.5. The molecule has 2 aromatic rings. The standard InChI is InChI=1S/C36H42O8/c1-20-23(22-13-14-41-18-22)15-24-30(20)36(4)25(16-29(39)40-5)35(3)27(44-28(38)12-11-21-9-7-6-8-10-21)17-26(37)34(2)19-42-31(32(34)35)33(36)43-24/h6-14,18,23-27,31-33,37H,15-17,19H2,1-5H3/t23?,24?,25?,26?,27?,31?,32?,33?,34-,35+,36-/m1/s1. The number of hydrogen-bond acceptors (Lipinski definition) is 8. The summed E-state index contributed by atoms with van der Waals surface area (Å²) < 4.78 is 30.7. The summed E-state index contributed by atoms with van der Waals surface area (Å²) in [5, 5.41) is 11.6. The second kappa shape index (κ2) is 10.4. The number of carbonyl (C=O) groups is 2. The van der Waals surface area contributed by atoms with Crippen LogP contribution in [0.2, 0.25) is 0 Å². The average molecular weight is 603 g/mol. The predicted octanol–water partition coefficient (Wildman–Crippen LogP) is 5.47. The molecular formula is C36H42O8. The fourth-order valence-corrected chi connectivity index (χ4v) is 10.2. The molecule has 1 N–H and O–H groups in total. The van der Waals surface area contributed by atoms with Gasteiger partial charge in [0, 0.05) is 47.0 Å². The number of hydrogen-bond donors (Lipinski definition) is 1. The lowest BCUT2D eigenvalue weighted by molar-refractivity contribution is -0.248. The highest BCUT2D eigenvalue weighted by Gasteiger charge is 2.78. The highest BCUT2D eigenvalue weighted by molar-refractivity contribution is 5.87. The van der Waals surface area contributed by atoms with Crippen molar-refractivity contribution in [3.05, 3.63) is 77.3 Å². The largest absolute Gasteiger partial charge is 0.472 e. The summed E-state index contributed by atoms with van der Waals surface area (Å²) in [6, 6.07) is 11.6. The van der Waals surface area contributed by atoms with E-state index in [1.807, 2.05) is 36.4 Å². The maximum absolute atomic E-state index is 13.4. The van der Waals surface area contributed by atoms with Crippen LogP contribution in [0.3, 0.4) is 0 Å². The minimum Gasteiger partial charge on any atom is -0.472 e. The van der Waals surface area contributed by atoms with E-state index in [9.17, 15) is 14.7 Å². The summed E-state index contributed by atoms with van der Waals surface area (Å²) in [7, 11) is 1.42. The van der Waals surface area contributed by atoms with Gasteiger partial charge in [-0.15, -0.1) is 0 Å². The Morgan fingerprint density at radius 2 is 1.89 bits per heavy atom. The molecule has 1 aromatic carbocycles. The molecule has 44 heavy (non-hydrogen) atoms. The molecule has 11 atom stereocenters. The number of furan rings is 1.